The molecule has 0 aliphatic rings. The second-order valence-corrected chi connectivity index (χ2v) is 3.80. The van der Waals surface area contributed by atoms with Crippen molar-refractivity contribution in [2.24, 2.45) is 0 Å². The average molecular weight is 272 g/mol. The minimum Gasteiger partial charge on any atom is -0.459 e. The molecule has 0 saturated heterocycles. The van der Waals surface area contributed by atoms with Gasteiger partial charge in [-0.25, -0.2) is 0 Å². The predicted molar refractivity (Wildman–Crippen MR) is 72.4 cm³/mol. The fraction of sp³-hybridized carbons (Fsp3) is 0.400. The van der Waals surface area contributed by atoms with Crippen LogP contribution in [0, 0.1) is 6.92 Å². The van der Waals surface area contributed by atoms with Gasteiger partial charge in [-0.15, -0.1) is 6.58 Å². The Bertz CT molecular complexity index is 343. The summed E-state index contributed by atoms with van der Waals surface area (Å²) in [5.41, 5.74) is 0. The maximum absolute atomic E-state index is 5.94. The van der Waals surface area contributed by atoms with Crippen molar-refractivity contribution in [2.45, 2.75) is 19.1 Å². The summed E-state index contributed by atoms with van der Waals surface area (Å²) in [6.45, 7) is 10.6. The van der Waals surface area contributed by atoms with Crippen LogP contribution in [0.1, 0.15) is 13.3 Å². The van der Waals surface area contributed by atoms with Gasteiger partial charge in [-0.3, -0.25) is 0 Å². The Morgan fingerprint density at radius 3 is 2.53 bits per heavy atom. The zero-order chi connectivity index (χ0) is 13.3. The van der Waals surface area contributed by atoms with Crippen molar-refractivity contribution in [2.75, 3.05) is 19.8 Å². The second-order valence-electron chi connectivity index (χ2n) is 3.80. The first-order valence-corrected chi connectivity index (χ1v) is 6.12. The van der Waals surface area contributed by atoms with Crippen molar-refractivity contribution in [1.82, 2.24) is 0 Å². The van der Waals surface area contributed by atoms with Gasteiger partial charge in [0.05, 0.1) is 0 Å². The average Bonchev–Trinajstić information content (AvgIpc) is 2.38. The molecule has 0 amide bonds. The number of hydrogen-bond donors (Lipinski definition) is 0. The van der Waals surface area contributed by atoms with E-state index in [2.05, 4.69) is 13.5 Å². The molecular weight excluding hydrogens is 251 g/mol. The molecule has 0 aliphatic carbocycles. The summed E-state index contributed by atoms with van der Waals surface area (Å²) in [5.74, 6) is -0.0734. The van der Waals surface area contributed by atoms with Crippen LogP contribution in [0.25, 0.3) is 0 Å². The van der Waals surface area contributed by atoms with E-state index in [4.69, 9.17) is 14.2 Å². The van der Waals surface area contributed by atoms with Crippen LogP contribution in [-0.4, -0.2) is 25.6 Å². The van der Waals surface area contributed by atoms with Crippen molar-refractivity contribution in [1.29, 1.82) is 0 Å². The molecule has 0 bridgehead atoms. The monoisotopic (exact) mass is 272 g/mol. The van der Waals surface area contributed by atoms with Gasteiger partial charge in [0.15, 0.2) is 0 Å². The van der Waals surface area contributed by atoms with Gasteiger partial charge in [-0.1, -0.05) is 30.9 Å². The summed E-state index contributed by atoms with van der Waals surface area (Å²) in [6, 6.07) is 9.56. The Morgan fingerprint density at radius 2 is 2.00 bits per heavy atom. The zero-order valence-corrected chi connectivity index (χ0v) is 13.9. The Kier molecular flexibility index (Phi) is 10.3. The van der Waals surface area contributed by atoms with Gasteiger partial charge in [0, 0.05) is 13.0 Å². The van der Waals surface area contributed by atoms with Crippen molar-refractivity contribution in [3.8, 4) is 5.75 Å². The number of ether oxygens (including phenoxy) is 3. The third kappa shape index (κ3) is 6.59. The standard InChI is InChI=1S/C15H21O3.Na/c1-4-12-15(17-6-3,13-16-5-2)18-14-10-8-7-9-11-14;/h4,7-11H,1-2,5-6,12-13H2,3H3;/q-1;+1. The Balaban J connectivity index is 0.00000324. The van der Waals surface area contributed by atoms with E-state index in [0.29, 0.717) is 26.2 Å². The summed E-state index contributed by atoms with van der Waals surface area (Å²) >= 11 is 0. The van der Waals surface area contributed by atoms with E-state index < -0.39 is 5.79 Å². The van der Waals surface area contributed by atoms with E-state index in [9.17, 15) is 0 Å². The molecule has 0 aromatic heterocycles. The van der Waals surface area contributed by atoms with Crippen molar-refractivity contribution in [3.63, 3.8) is 0 Å². The summed E-state index contributed by atoms with van der Waals surface area (Å²) in [6.07, 6.45) is 2.32. The third-order valence-electron chi connectivity index (χ3n) is 2.38. The van der Waals surface area contributed by atoms with E-state index in [1.54, 1.807) is 6.08 Å². The quantitative estimate of drug-likeness (QED) is 0.279. The number of benzene rings is 1. The molecule has 0 fully saturated rings. The van der Waals surface area contributed by atoms with Gasteiger partial charge in [0.2, 0.25) is 5.79 Å². The van der Waals surface area contributed by atoms with Gasteiger partial charge in [0.1, 0.15) is 12.4 Å². The summed E-state index contributed by atoms with van der Waals surface area (Å²) < 4.78 is 17.0. The molecule has 1 aromatic rings. The maximum atomic E-state index is 5.94. The SMILES string of the molecule is C=CCC(COC[CH2-])(OCC)Oc1ccccc1.[Na+]. The summed E-state index contributed by atoms with van der Waals surface area (Å²) in [4.78, 5) is 0. The van der Waals surface area contributed by atoms with E-state index >= 15 is 0 Å². The number of rotatable bonds is 9. The maximum Gasteiger partial charge on any atom is 1.00 e. The molecule has 0 N–H and O–H groups in total. The van der Waals surface area contributed by atoms with Gasteiger partial charge >= 0.3 is 29.6 Å². The molecule has 0 spiro atoms. The van der Waals surface area contributed by atoms with E-state index in [1.165, 1.54) is 0 Å². The molecule has 1 unspecified atom stereocenters. The number of hydrogen-bond acceptors (Lipinski definition) is 3. The van der Waals surface area contributed by atoms with Gasteiger partial charge in [-0.2, -0.15) is 0 Å². The largest absolute Gasteiger partial charge is 1.00 e. The van der Waals surface area contributed by atoms with Gasteiger partial charge in [-0.05, 0) is 19.1 Å². The Hall–Kier alpha value is -0.320. The van der Waals surface area contributed by atoms with Crippen LogP contribution in [0.4, 0.5) is 0 Å². The van der Waals surface area contributed by atoms with Crippen molar-refractivity contribution in [3.05, 3.63) is 49.9 Å². The van der Waals surface area contributed by atoms with Crippen LogP contribution in [0.5, 0.6) is 5.75 Å². The first-order valence-electron chi connectivity index (χ1n) is 6.12. The topological polar surface area (TPSA) is 27.7 Å². The zero-order valence-electron chi connectivity index (χ0n) is 11.9. The van der Waals surface area contributed by atoms with Crippen LogP contribution >= 0.6 is 0 Å². The molecule has 1 aromatic carbocycles. The van der Waals surface area contributed by atoms with Crippen LogP contribution in [0.3, 0.4) is 0 Å². The molecule has 0 saturated carbocycles. The smallest absolute Gasteiger partial charge is 0.459 e. The minimum atomic E-state index is -0.824. The van der Waals surface area contributed by atoms with Gasteiger partial charge < -0.3 is 21.1 Å². The van der Waals surface area contributed by atoms with Crippen LogP contribution in [0.15, 0.2) is 43.0 Å². The number of para-hydroxylation sites is 1. The minimum absolute atomic E-state index is 0. The van der Waals surface area contributed by atoms with Crippen LogP contribution in [-0.2, 0) is 9.47 Å². The molecule has 1 rings (SSSR count). The molecule has 0 radical (unpaired) electrons. The fourth-order valence-electron chi connectivity index (χ4n) is 1.67. The van der Waals surface area contributed by atoms with E-state index in [-0.39, 0.29) is 29.6 Å². The first kappa shape index (κ1) is 18.7. The normalized spacial score (nSPS) is 13.2. The first-order chi connectivity index (χ1) is 8.76. The molecule has 19 heavy (non-hydrogen) atoms. The molecule has 3 nitrogen and oxygen atoms in total. The molecule has 0 aliphatic heterocycles. The molecule has 100 valence electrons. The Labute approximate surface area is 138 Å². The van der Waals surface area contributed by atoms with Crippen LogP contribution in [0.2, 0.25) is 0 Å². The van der Waals surface area contributed by atoms with Crippen molar-refractivity contribution >= 4 is 0 Å². The van der Waals surface area contributed by atoms with Crippen molar-refractivity contribution < 1.29 is 43.8 Å². The molecule has 4 heteroatoms. The predicted octanol–water partition coefficient (Wildman–Crippen LogP) is 0.229. The fourth-order valence-corrected chi connectivity index (χ4v) is 1.67. The van der Waals surface area contributed by atoms with E-state index in [0.717, 1.165) is 5.75 Å². The summed E-state index contributed by atoms with van der Waals surface area (Å²) in [7, 11) is 0. The van der Waals surface area contributed by atoms with E-state index in [1.807, 2.05) is 37.3 Å². The molecule has 0 heterocycles. The molecule has 1 atom stereocenters. The Morgan fingerprint density at radius 1 is 1.32 bits per heavy atom. The second kappa shape index (κ2) is 10.5. The summed E-state index contributed by atoms with van der Waals surface area (Å²) in [5, 5.41) is 0. The van der Waals surface area contributed by atoms with Crippen LogP contribution < -0.4 is 34.3 Å². The third-order valence-corrected chi connectivity index (χ3v) is 2.38. The molecular formula is C15H21NaO3. The van der Waals surface area contributed by atoms with Gasteiger partial charge in [0.25, 0.3) is 0 Å².